The molecule has 6 nitrogen and oxygen atoms in total. The second kappa shape index (κ2) is 4.37. The molecule has 0 unspecified atom stereocenters. The van der Waals surface area contributed by atoms with E-state index in [9.17, 15) is 13.2 Å². The van der Waals surface area contributed by atoms with Gasteiger partial charge in [-0.05, 0) is 18.2 Å². The van der Waals surface area contributed by atoms with Gasteiger partial charge >= 0.3 is 10.1 Å². The standard InChI is InChI=1S/C8H10N2O4S/c1-15(12,13)14-10-7-2-3-8(11)6(4-7)5-9/h2-4H,5,9H2,1H3/b10-7+. The van der Waals surface area contributed by atoms with Crippen LogP contribution in [0.15, 0.2) is 29.0 Å². The molecule has 15 heavy (non-hydrogen) atoms. The van der Waals surface area contributed by atoms with E-state index >= 15 is 0 Å². The molecule has 0 saturated carbocycles. The van der Waals surface area contributed by atoms with Crippen LogP contribution in [0.2, 0.25) is 0 Å². The summed E-state index contributed by atoms with van der Waals surface area (Å²) >= 11 is 0. The number of hydrogen-bond donors (Lipinski definition) is 1. The Morgan fingerprint density at radius 2 is 2.13 bits per heavy atom. The van der Waals surface area contributed by atoms with Crippen molar-refractivity contribution in [1.29, 1.82) is 0 Å². The van der Waals surface area contributed by atoms with Crippen molar-refractivity contribution in [1.82, 2.24) is 0 Å². The van der Waals surface area contributed by atoms with Gasteiger partial charge in [0.1, 0.15) is 5.71 Å². The number of allylic oxidation sites excluding steroid dienone is 3. The molecular formula is C8H10N2O4S. The van der Waals surface area contributed by atoms with Crippen LogP contribution in [-0.2, 0) is 19.2 Å². The van der Waals surface area contributed by atoms with E-state index in [0.29, 0.717) is 5.57 Å². The maximum Gasteiger partial charge on any atom is 0.325 e. The zero-order valence-electron chi connectivity index (χ0n) is 8.00. The molecule has 0 bridgehead atoms. The highest BCUT2D eigenvalue weighted by atomic mass is 32.2. The highest BCUT2D eigenvalue weighted by Crippen LogP contribution is 2.05. The van der Waals surface area contributed by atoms with E-state index in [4.69, 9.17) is 5.73 Å². The predicted octanol–water partition coefficient (Wildman–Crippen LogP) is -0.657. The first kappa shape index (κ1) is 11.6. The number of nitrogens with two attached hydrogens (primary N) is 1. The number of hydrogen-bond acceptors (Lipinski definition) is 6. The summed E-state index contributed by atoms with van der Waals surface area (Å²) < 4.78 is 25.5. The van der Waals surface area contributed by atoms with Gasteiger partial charge in [0.05, 0.1) is 6.26 Å². The first-order valence-electron chi connectivity index (χ1n) is 4.02. The summed E-state index contributed by atoms with van der Waals surface area (Å²) in [7, 11) is -3.63. The third-order valence-electron chi connectivity index (χ3n) is 1.54. The third-order valence-corrected chi connectivity index (χ3v) is 1.89. The van der Waals surface area contributed by atoms with E-state index in [1.165, 1.54) is 18.2 Å². The summed E-state index contributed by atoms with van der Waals surface area (Å²) in [5.41, 5.74) is 5.89. The largest absolute Gasteiger partial charge is 0.326 e. The average molecular weight is 230 g/mol. The van der Waals surface area contributed by atoms with Crippen LogP contribution >= 0.6 is 0 Å². The molecule has 2 N–H and O–H groups in total. The first-order valence-corrected chi connectivity index (χ1v) is 5.83. The van der Waals surface area contributed by atoms with E-state index in [2.05, 4.69) is 9.44 Å². The van der Waals surface area contributed by atoms with Crippen LogP contribution < -0.4 is 5.73 Å². The van der Waals surface area contributed by atoms with Gasteiger partial charge in [-0.15, -0.1) is 0 Å². The molecule has 1 aliphatic rings. The minimum Gasteiger partial charge on any atom is -0.326 e. The molecule has 0 heterocycles. The van der Waals surface area contributed by atoms with Crippen molar-refractivity contribution in [3.8, 4) is 0 Å². The Morgan fingerprint density at radius 3 is 2.67 bits per heavy atom. The molecule has 0 aromatic rings. The van der Waals surface area contributed by atoms with Crippen LogP contribution in [0.5, 0.6) is 0 Å². The van der Waals surface area contributed by atoms with E-state index in [-0.39, 0.29) is 18.0 Å². The summed E-state index contributed by atoms with van der Waals surface area (Å²) in [4.78, 5) is 11.1. The zero-order chi connectivity index (χ0) is 11.5. The maximum atomic E-state index is 11.1. The topological polar surface area (TPSA) is 98.8 Å². The van der Waals surface area contributed by atoms with Crippen molar-refractivity contribution in [2.24, 2.45) is 10.9 Å². The summed E-state index contributed by atoms with van der Waals surface area (Å²) in [6.07, 6.45) is 4.87. The lowest BCUT2D eigenvalue weighted by Gasteiger charge is -2.05. The minimum atomic E-state index is -3.63. The molecule has 0 radical (unpaired) electrons. The Labute approximate surface area is 87.2 Å². The van der Waals surface area contributed by atoms with Crippen molar-refractivity contribution in [3.05, 3.63) is 23.8 Å². The van der Waals surface area contributed by atoms with Gasteiger partial charge in [-0.2, -0.15) is 8.42 Å². The highest BCUT2D eigenvalue weighted by Gasteiger charge is 2.11. The Morgan fingerprint density at radius 1 is 1.47 bits per heavy atom. The molecule has 0 aliphatic heterocycles. The molecule has 1 aliphatic carbocycles. The zero-order valence-corrected chi connectivity index (χ0v) is 8.82. The smallest absolute Gasteiger partial charge is 0.325 e. The van der Waals surface area contributed by atoms with E-state index < -0.39 is 10.1 Å². The normalized spacial score (nSPS) is 19.2. The molecule has 0 aromatic heterocycles. The molecule has 0 aromatic carbocycles. The molecule has 0 fully saturated rings. The lowest BCUT2D eigenvalue weighted by Crippen LogP contribution is -2.16. The highest BCUT2D eigenvalue weighted by molar-refractivity contribution is 7.85. The first-order chi connectivity index (χ1) is 6.92. The summed E-state index contributed by atoms with van der Waals surface area (Å²) in [6.45, 7) is 0.0705. The second-order valence-corrected chi connectivity index (χ2v) is 4.42. The molecule has 0 amide bonds. The maximum absolute atomic E-state index is 11.1. The molecule has 0 saturated heterocycles. The van der Waals surface area contributed by atoms with Crippen molar-refractivity contribution < 1.29 is 17.5 Å². The number of carbonyl (C=O) groups is 1. The van der Waals surface area contributed by atoms with E-state index in [1.807, 2.05) is 0 Å². The second-order valence-electron chi connectivity index (χ2n) is 2.87. The molecule has 7 heteroatoms. The molecule has 1 rings (SSSR count). The van der Waals surface area contributed by atoms with Gasteiger partial charge in [0, 0.05) is 12.1 Å². The van der Waals surface area contributed by atoms with E-state index in [0.717, 1.165) is 6.26 Å². The fourth-order valence-corrected chi connectivity index (χ4v) is 1.11. The average Bonchev–Trinajstić information content (AvgIpc) is 2.15. The van der Waals surface area contributed by atoms with Crippen molar-refractivity contribution in [2.75, 3.05) is 12.8 Å². The quantitative estimate of drug-likeness (QED) is 0.512. The lowest BCUT2D eigenvalue weighted by atomic mass is 10.0. The lowest BCUT2D eigenvalue weighted by molar-refractivity contribution is -0.111. The number of oxime groups is 1. The van der Waals surface area contributed by atoms with Crippen molar-refractivity contribution >= 4 is 21.6 Å². The monoisotopic (exact) mass is 230 g/mol. The molecule has 0 spiro atoms. The van der Waals surface area contributed by atoms with Gasteiger partial charge in [0.15, 0.2) is 5.78 Å². The van der Waals surface area contributed by atoms with Crippen molar-refractivity contribution in [2.45, 2.75) is 0 Å². The van der Waals surface area contributed by atoms with Crippen LogP contribution in [0.1, 0.15) is 0 Å². The van der Waals surface area contributed by atoms with Crippen LogP contribution in [0.3, 0.4) is 0 Å². The Bertz CT molecular complexity index is 459. The SMILES string of the molecule is CS(=O)(=O)O/N=C1\C=CC(=O)C(CN)=C1. The van der Waals surface area contributed by atoms with E-state index in [1.54, 1.807) is 0 Å². The van der Waals surface area contributed by atoms with Crippen molar-refractivity contribution in [3.63, 3.8) is 0 Å². The van der Waals surface area contributed by atoms with Gasteiger partial charge in [-0.1, -0.05) is 5.16 Å². The molecule has 82 valence electrons. The number of ketones is 1. The fraction of sp³-hybridized carbons (Fsp3) is 0.250. The Hall–Kier alpha value is -1.47. The number of carbonyl (C=O) groups excluding carboxylic acids is 1. The summed E-state index contributed by atoms with van der Waals surface area (Å²) in [5, 5.41) is 3.34. The third kappa shape index (κ3) is 3.64. The van der Waals surface area contributed by atoms with Gasteiger partial charge in [0.25, 0.3) is 0 Å². The summed E-state index contributed by atoms with van der Waals surface area (Å²) in [6, 6.07) is 0. The molecule has 0 atom stereocenters. The van der Waals surface area contributed by atoms with Crippen LogP contribution in [0.25, 0.3) is 0 Å². The summed E-state index contributed by atoms with van der Waals surface area (Å²) in [5.74, 6) is -0.212. The van der Waals surface area contributed by atoms with Crippen LogP contribution in [0.4, 0.5) is 0 Å². The van der Waals surface area contributed by atoms with Crippen LogP contribution in [-0.4, -0.2) is 32.7 Å². The minimum absolute atomic E-state index is 0.0705. The van der Waals surface area contributed by atoms with Gasteiger partial charge in [0.2, 0.25) is 0 Å². The fourth-order valence-electron chi connectivity index (χ4n) is 0.893. The number of nitrogens with zero attached hydrogens (tertiary/aromatic N) is 1. The molecular weight excluding hydrogens is 220 g/mol. The van der Waals surface area contributed by atoms with Gasteiger partial charge < -0.3 is 5.73 Å². The number of rotatable bonds is 3. The predicted molar refractivity (Wildman–Crippen MR) is 54.6 cm³/mol. The van der Waals surface area contributed by atoms with Crippen LogP contribution in [0, 0.1) is 0 Å². The Kier molecular flexibility index (Phi) is 3.38. The van der Waals surface area contributed by atoms with Gasteiger partial charge in [-0.25, -0.2) is 0 Å². The van der Waals surface area contributed by atoms with Gasteiger partial charge in [-0.3, -0.25) is 9.08 Å². The Balaban J connectivity index is 2.86.